The Bertz CT molecular complexity index is 305. The normalized spacial score (nSPS) is 24.5. The van der Waals surface area contributed by atoms with E-state index in [9.17, 15) is 8.42 Å². The van der Waals surface area contributed by atoms with E-state index >= 15 is 0 Å². The highest BCUT2D eigenvalue weighted by molar-refractivity contribution is 7.90. The highest BCUT2D eigenvalue weighted by Crippen LogP contribution is 2.15. The van der Waals surface area contributed by atoms with Gasteiger partial charge in [-0.3, -0.25) is 4.90 Å². The van der Waals surface area contributed by atoms with Gasteiger partial charge in [-0.2, -0.15) is 5.26 Å². The predicted molar refractivity (Wildman–Crippen MR) is 49.9 cm³/mol. The van der Waals surface area contributed by atoms with Crippen molar-refractivity contribution in [1.82, 2.24) is 4.90 Å². The van der Waals surface area contributed by atoms with Crippen molar-refractivity contribution >= 4 is 9.84 Å². The van der Waals surface area contributed by atoms with E-state index in [1.807, 2.05) is 4.90 Å². The van der Waals surface area contributed by atoms with Crippen molar-refractivity contribution in [3.63, 3.8) is 0 Å². The van der Waals surface area contributed by atoms with Crippen molar-refractivity contribution in [2.24, 2.45) is 0 Å². The standard InChI is InChI=1S/C8H14N2O2S/c1-13(11,12)6-5-10-4-2-3-8(10)7-9/h8H,2-6H2,1H3. The molecule has 0 N–H and O–H groups in total. The molecule has 1 unspecified atom stereocenters. The molecule has 0 aromatic rings. The largest absolute Gasteiger partial charge is 0.287 e. The molecule has 1 saturated heterocycles. The van der Waals surface area contributed by atoms with Gasteiger partial charge in [0.2, 0.25) is 0 Å². The molecular weight excluding hydrogens is 188 g/mol. The van der Waals surface area contributed by atoms with Crippen LogP contribution in [0.5, 0.6) is 0 Å². The van der Waals surface area contributed by atoms with Crippen LogP contribution in [0.15, 0.2) is 0 Å². The number of hydrogen-bond donors (Lipinski definition) is 0. The molecule has 4 nitrogen and oxygen atoms in total. The summed E-state index contributed by atoms with van der Waals surface area (Å²) in [5.74, 6) is 0.158. The minimum atomic E-state index is -2.89. The van der Waals surface area contributed by atoms with Gasteiger partial charge in [0.25, 0.3) is 0 Å². The lowest BCUT2D eigenvalue weighted by Crippen LogP contribution is -2.32. The molecule has 1 atom stereocenters. The molecule has 0 saturated carbocycles. The maximum absolute atomic E-state index is 10.9. The summed E-state index contributed by atoms with van der Waals surface area (Å²) in [5.41, 5.74) is 0. The molecule has 0 amide bonds. The minimum Gasteiger partial charge on any atom is -0.287 e. The van der Waals surface area contributed by atoms with Gasteiger partial charge in [-0.05, 0) is 19.4 Å². The Morgan fingerprint density at radius 2 is 2.31 bits per heavy atom. The molecule has 0 aliphatic carbocycles. The fourth-order valence-electron chi connectivity index (χ4n) is 1.52. The minimum absolute atomic E-state index is 0.0678. The average molecular weight is 202 g/mol. The third-order valence-corrected chi connectivity index (χ3v) is 3.19. The van der Waals surface area contributed by atoms with Crippen LogP contribution in [0.3, 0.4) is 0 Å². The van der Waals surface area contributed by atoms with Crippen LogP contribution in [0.25, 0.3) is 0 Å². The van der Waals surface area contributed by atoms with E-state index in [1.165, 1.54) is 6.26 Å². The lowest BCUT2D eigenvalue weighted by atomic mass is 10.2. The lowest BCUT2D eigenvalue weighted by Gasteiger charge is -2.17. The molecule has 5 heteroatoms. The van der Waals surface area contributed by atoms with E-state index in [0.29, 0.717) is 6.54 Å². The van der Waals surface area contributed by atoms with Crippen LogP contribution in [0.4, 0.5) is 0 Å². The molecule has 1 rings (SSSR count). The molecule has 74 valence electrons. The Balaban J connectivity index is 2.42. The van der Waals surface area contributed by atoms with Gasteiger partial charge in [-0.25, -0.2) is 8.42 Å². The Kier molecular flexibility index (Phi) is 3.28. The van der Waals surface area contributed by atoms with Gasteiger partial charge in [0.15, 0.2) is 0 Å². The smallest absolute Gasteiger partial charge is 0.148 e. The van der Waals surface area contributed by atoms with Crippen molar-refractivity contribution in [2.75, 3.05) is 25.1 Å². The molecule has 0 aromatic heterocycles. The summed E-state index contributed by atoms with van der Waals surface area (Å²) in [5, 5.41) is 8.72. The van der Waals surface area contributed by atoms with Crippen molar-refractivity contribution in [2.45, 2.75) is 18.9 Å². The molecular formula is C8H14N2O2S. The third-order valence-electron chi connectivity index (χ3n) is 2.26. The number of sulfone groups is 1. The lowest BCUT2D eigenvalue weighted by molar-refractivity contribution is 0.312. The number of hydrogen-bond acceptors (Lipinski definition) is 4. The van der Waals surface area contributed by atoms with Gasteiger partial charge in [0, 0.05) is 12.8 Å². The maximum Gasteiger partial charge on any atom is 0.148 e. The fraction of sp³-hybridized carbons (Fsp3) is 0.875. The molecule has 0 spiro atoms. The molecule has 1 fully saturated rings. The highest BCUT2D eigenvalue weighted by atomic mass is 32.2. The zero-order valence-electron chi connectivity index (χ0n) is 7.73. The van der Waals surface area contributed by atoms with E-state index in [2.05, 4.69) is 6.07 Å². The topological polar surface area (TPSA) is 61.2 Å². The summed E-state index contributed by atoms with van der Waals surface area (Å²) in [4.78, 5) is 1.95. The van der Waals surface area contributed by atoms with Crippen molar-refractivity contribution < 1.29 is 8.42 Å². The van der Waals surface area contributed by atoms with E-state index < -0.39 is 9.84 Å². The van der Waals surface area contributed by atoms with Gasteiger partial charge < -0.3 is 0 Å². The SMILES string of the molecule is CS(=O)(=O)CCN1CCCC1C#N. The third kappa shape index (κ3) is 3.33. The van der Waals surface area contributed by atoms with Crippen LogP contribution in [-0.2, 0) is 9.84 Å². The van der Waals surface area contributed by atoms with Crippen LogP contribution in [-0.4, -0.2) is 44.5 Å². The van der Waals surface area contributed by atoms with Gasteiger partial charge >= 0.3 is 0 Å². The first-order valence-corrected chi connectivity index (χ1v) is 6.40. The van der Waals surface area contributed by atoms with E-state index in [1.54, 1.807) is 0 Å². The Morgan fingerprint density at radius 3 is 2.85 bits per heavy atom. The van der Waals surface area contributed by atoms with Crippen LogP contribution >= 0.6 is 0 Å². The van der Waals surface area contributed by atoms with Crippen LogP contribution in [0.1, 0.15) is 12.8 Å². The van der Waals surface area contributed by atoms with Gasteiger partial charge in [0.1, 0.15) is 9.84 Å². The highest BCUT2D eigenvalue weighted by Gasteiger charge is 2.24. The first-order valence-electron chi connectivity index (χ1n) is 4.34. The Hall–Kier alpha value is -0.600. The second-order valence-electron chi connectivity index (χ2n) is 3.45. The number of likely N-dealkylation sites (tertiary alicyclic amines) is 1. The van der Waals surface area contributed by atoms with Crippen molar-refractivity contribution in [3.8, 4) is 6.07 Å². The molecule has 0 bridgehead atoms. The molecule has 1 aliphatic rings. The summed E-state index contributed by atoms with van der Waals surface area (Å²) in [6.07, 6.45) is 3.10. The quantitative estimate of drug-likeness (QED) is 0.647. The van der Waals surface area contributed by atoms with Crippen LogP contribution < -0.4 is 0 Å². The van der Waals surface area contributed by atoms with E-state index in [-0.39, 0.29) is 11.8 Å². The van der Waals surface area contributed by atoms with Crippen molar-refractivity contribution in [3.05, 3.63) is 0 Å². The van der Waals surface area contributed by atoms with E-state index in [4.69, 9.17) is 5.26 Å². The van der Waals surface area contributed by atoms with Crippen LogP contribution in [0, 0.1) is 11.3 Å². The summed E-state index contributed by atoms with van der Waals surface area (Å²) in [7, 11) is -2.89. The van der Waals surface area contributed by atoms with Gasteiger partial charge in [0.05, 0.1) is 17.9 Å². The first-order chi connectivity index (χ1) is 6.03. The summed E-state index contributed by atoms with van der Waals surface area (Å²) >= 11 is 0. The predicted octanol–water partition coefficient (Wildman–Crippen LogP) is 0.0190. The van der Waals surface area contributed by atoms with Gasteiger partial charge in [-0.1, -0.05) is 0 Å². The monoisotopic (exact) mass is 202 g/mol. The zero-order valence-corrected chi connectivity index (χ0v) is 8.55. The molecule has 1 aliphatic heterocycles. The summed E-state index contributed by atoms with van der Waals surface area (Å²) in [6, 6.07) is 2.11. The molecule has 0 radical (unpaired) electrons. The summed E-state index contributed by atoms with van der Waals surface area (Å²) in [6.45, 7) is 1.35. The van der Waals surface area contributed by atoms with Crippen molar-refractivity contribution in [1.29, 1.82) is 5.26 Å². The zero-order chi connectivity index (χ0) is 9.90. The van der Waals surface area contributed by atoms with Crippen LogP contribution in [0.2, 0.25) is 0 Å². The number of nitrogens with zero attached hydrogens (tertiary/aromatic N) is 2. The molecule has 1 heterocycles. The second-order valence-corrected chi connectivity index (χ2v) is 5.71. The number of nitriles is 1. The summed E-state index contributed by atoms with van der Waals surface area (Å²) < 4.78 is 21.7. The molecule has 0 aromatic carbocycles. The van der Waals surface area contributed by atoms with E-state index in [0.717, 1.165) is 19.4 Å². The number of rotatable bonds is 3. The Labute approximate surface area is 79.1 Å². The second kappa shape index (κ2) is 4.07. The Morgan fingerprint density at radius 1 is 1.62 bits per heavy atom. The average Bonchev–Trinajstić information content (AvgIpc) is 2.46. The maximum atomic E-state index is 10.9. The van der Waals surface area contributed by atoms with Gasteiger partial charge in [-0.15, -0.1) is 0 Å². The fourth-order valence-corrected chi connectivity index (χ4v) is 2.09. The first kappa shape index (κ1) is 10.5. The molecule has 13 heavy (non-hydrogen) atoms.